The zero-order chi connectivity index (χ0) is 14.8. The molecule has 21 heavy (non-hydrogen) atoms. The molecule has 0 atom stereocenters. The molecule has 0 unspecified atom stereocenters. The Morgan fingerprint density at radius 3 is 2.76 bits per heavy atom. The summed E-state index contributed by atoms with van der Waals surface area (Å²) in [6.45, 7) is 4.98. The summed E-state index contributed by atoms with van der Waals surface area (Å²) in [7, 11) is 0. The fraction of sp³-hybridized carbons (Fsp3) is 0.250. The zero-order valence-electron chi connectivity index (χ0n) is 12.0. The lowest BCUT2D eigenvalue weighted by Crippen LogP contribution is -2.01. The van der Waals surface area contributed by atoms with Gasteiger partial charge in [-0.2, -0.15) is 5.10 Å². The van der Waals surface area contributed by atoms with Crippen LogP contribution >= 0.6 is 22.9 Å². The average Bonchev–Trinajstić information content (AvgIpc) is 3.10. The molecular weight excluding hydrogens is 302 g/mol. The van der Waals surface area contributed by atoms with Gasteiger partial charge in [-0.25, -0.2) is 4.98 Å². The third-order valence-corrected chi connectivity index (χ3v) is 4.59. The quantitative estimate of drug-likeness (QED) is 0.667. The number of nitrogens with zero attached hydrogens (tertiary/aromatic N) is 3. The molecule has 0 N–H and O–H groups in total. The van der Waals surface area contributed by atoms with Crippen molar-refractivity contribution in [3.8, 4) is 10.6 Å². The maximum atomic E-state index is 5.81. The number of rotatable bonds is 4. The number of halogens is 1. The molecule has 0 saturated heterocycles. The maximum Gasteiger partial charge on any atom is 0.123 e. The normalized spacial score (nSPS) is 11.0. The second-order valence-corrected chi connectivity index (χ2v) is 6.26. The van der Waals surface area contributed by atoms with Gasteiger partial charge in [-0.1, -0.05) is 12.1 Å². The molecule has 0 spiro atoms. The lowest BCUT2D eigenvalue weighted by atomic mass is 10.1. The van der Waals surface area contributed by atoms with Gasteiger partial charge in [0.05, 0.1) is 24.3 Å². The van der Waals surface area contributed by atoms with E-state index in [0.29, 0.717) is 5.88 Å². The van der Waals surface area contributed by atoms with E-state index in [0.717, 1.165) is 22.8 Å². The SMILES string of the molecule is Cc1cnn(Cc2ccc(-c3nc(CCl)cs3)cc2C)c1. The van der Waals surface area contributed by atoms with Crippen LogP contribution in [0.15, 0.2) is 36.0 Å². The van der Waals surface area contributed by atoms with Crippen LogP contribution in [-0.2, 0) is 12.4 Å². The smallest absolute Gasteiger partial charge is 0.123 e. The molecule has 108 valence electrons. The van der Waals surface area contributed by atoms with Crippen LogP contribution in [0, 0.1) is 13.8 Å². The molecule has 3 nitrogen and oxygen atoms in total. The first kappa shape index (κ1) is 14.3. The number of hydrogen-bond acceptors (Lipinski definition) is 3. The molecule has 0 fully saturated rings. The largest absolute Gasteiger partial charge is 0.268 e. The standard InChI is InChI=1S/C16H16ClN3S/c1-11-7-18-20(8-11)9-14-4-3-13(5-12(14)2)16-19-15(6-17)10-21-16/h3-5,7-8,10H,6,9H2,1-2H3. The molecule has 1 aromatic carbocycles. The molecule has 2 aromatic heterocycles. The molecule has 0 radical (unpaired) electrons. The van der Waals surface area contributed by atoms with Crippen LogP contribution in [0.3, 0.4) is 0 Å². The summed E-state index contributed by atoms with van der Waals surface area (Å²) in [5, 5.41) is 7.37. The first-order valence-electron chi connectivity index (χ1n) is 6.75. The Morgan fingerprint density at radius 2 is 2.14 bits per heavy atom. The third-order valence-electron chi connectivity index (χ3n) is 3.37. The summed E-state index contributed by atoms with van der Waals surface area (Å²) in [5.41, 5.74) is 5.79. The van der Waals surface area contributed by atoms with E-state index >= 15 is 0 Å². The van der Waals surface area contributed by atoms with Crippen molar-refractivity contribution in [2.24, 2.45) is 0 Å². The van der Waals surface area contributed by atoms with E-state index in [4.69, 9.17) is 11.6 Å². The number of aryl methyl sites for hydroxylation is 2. The molecule has 0 saturated carbocycles. The van der Waals surface area contributed by atoms with Crippen molar-refractivity contribution in [1.29, 1.82) is 0 Å². The monoisotopic (exact) mass is 317 g/mol. The number of hydrogen-bond donors (Lipinski definition) is 0. The van der Waals surface area contributed by atoms with E-state index in [2.05, 4.69) is 48.3 Å². The number of thiazole rings is 1. The minimum Gasteiger partial charge on any atom is -0.268 e. The summed E-state index contributed by atoms with van der Waals surface area (Å²) in [5.74, 6) is 0.464. The van der Waals surface area contributed by atoms with Crippen LogP contribution < -0.4 is 0 Å². The highest BCUT2D eigenvalue weighted by atomic mass is 35.5. The summed E-state index contributed by atoms with van der Waals surface area (Å²) in [6, 6.07) is 6.46. The minimum absolute atomic E-state index is 0.464. The van der Waals surface area contributed by atoms with Crippen molar-refractivity contribution in [2.75, 3.05) is 0 Å². The summed E-state index contributed by atoms with van der Waals surface area (Å²) in [6.07, 6.45) is 3.94. The predicted octanol–water partition coefficient (Wildman–Crippen LogP) is 4.41. The van der Waals surface area contributed by atoms with Gasteiger partial charge in [0, 0.05) is 17.1 Å². The van der Waals surface area contributed by atoms with E-state index in [9.17, 15) is 0 Å². The van der Waals surface area contributed by atoms with Gasteiger partial charge < -0.3 is 0 Å². The lowest BCUT2D eigenvalue weighted by molar-refractivity contribution is 0.684. The van der Waals surface area contributed by atoms with Crippen LogP contribution in [0.2, 0.25) is 0 Å². The van der Waals surface area contributed by atoms with Crippen molar-refractivity contribution >= 4 is 22.9 Å². The highest BCUT2D eigenvalue weighted by Gasteiger charge is 2.07. The Kier molecular flexibility index (Phi) is 4.08. The first-order chi connectivity index (χ1) is 10.2. The summed E-state index contributed by atoms with van der Waals surface area (Å²) >= 11 is 7.45. The lowest BCUT2D eigenvalue weighted by Gasteiger charge is -2.08. The van der Waals surface area contributed by atoms with Crippen molar-refractivity contribution < 1.29 is 0 Å². The van der Waals surface area contributed by atoms with Crippen LogP contribution in [0.25, 0.3) is 10.6 Å². The van der Waals surface area contributed by atoms with Gasteiger partial charge in [0.15, 0.2) is 0 Å². The van der Waals surface area contributed by atoms with Crippen molar-refractivity contribution in [2.45, 2.75) is 26.3 Å². The minimum atomic E-state index is 0.464. The molecule has 0 amide bonds. The Bertz CT molecular complexity index is 760. The summed E-state index contributed by atoms with van der Waals surface area (Å²) < 4.78 is 1.96. The van der Waals surface area contributed by atoms with Crippen molar-refractivity contribution in [1.82, 2.24) is 14.8 Å². The van der Waals surface area contributed by atoms with Gasteiger partial charge in [-0.05, 0) is 36.6 Å². The topological polar surface area (TPSA) is 30.7 Å². The third kappa shape index (κ3) is 3.17. The maximum absolute atomic E-state index is 5.81. The second kappa shape index (κ2) is 6.00. The van der Waals surface area contributed by atoms with Gasteiger partial charge >= 0.3 is 0 Å². The van der Waals surface area contributed by atoms with Crippen LogP contribution in [0.4, 0.5) is 0 Å². The van der Waals surface area contributed by atoms with Gasteiger partial charge in [0.2, 0.25) is 0 Å². The second-order valence-electron chi connectivity index (χ2n) is 5.13. The fourth-order valence-electron chi connectivity index (χ4n) is 2.24. The van der Waals surface area contributed by atoms with E-state index in [-0.39, 0.29) is 0 Å². The molecule has 0 aliphatic heterocycles. The van der Waals surface area contributed by atoms with Gasteiger partial charge in [0.1, 0.15) is 5.01 Å². The first-order valence-corrected chi connectivity index (χ1v) is 8.16. The Labute approximate surface area is 133 Å². The highest BCUT2D eigenvalue weighted by molar-refractivity contribution is 7.13. The number of alkyl halides is 1. The molecule has 5 heteroatoms. The van der Waals surface area contributed by atoms with Crippen molar-refractivity contribution in [3.05, 3.63) is 58.4 Å². The molecule has 3 rings (SSSR count). The molecule has 2 heterocycles. The molecule has 3 aromatic rings. The van der Waals surface area contributed by atoms with E-state index in [1.807, 2.05) is 16.3 Å². The Morgan fingerprint density at radius 1 is 1.29 bits per heavy atom. The van der Waals surface area contributed by atoms with Gasteiger partial charge in [-0.15, -0.1) is 22.9 Å². The Hall–Kier alpha value is -1.65. The molecule has 0 aliphatic rings. The van der Waals surface area contributed by atoms with E-state index in [1.165, 1.54) is 16.7 Å². The van der Waals surface area contributed by atoms with Crippen LogP contribution in [0.1, 0.15) is 22.4 Å². The number of aromatic nitrogens is 3. The Balaban J connectivity index is 1.85. The molecular formula is C16H16ClN3S. The fourth-order valence-corrected chi connectivity index (χ4v) is 3.28. The van der Waals surface area contributed by atoms with E-state index < -0.39 is 0 Å². The summed E-state index contributed by atoms with van der Waals surface area (Å²) in [4.78, 5) is 4.53. The van der Waals surface area contributed by atoms with Gasteiger partial charge in [-0.3, -0.25) is 4.68 Å². The zero-order valence-corrected chi connectivity index (χ0v) is 13.6. The predicted molar refractivity (Wildman–Crippen MR) is 87.9 cm³/mol. The average molecular weight is 318 g/mol. The van der Waals surface area contributed by atoms with Crippen molar-refractivity contribution in [3.63, 3.8) is 0 Å². The number of benzene rings is 1. The molecule has 0 aliphatic carbocycles. The molecule has 0 bridgehead atoms. The van der Waals surface area contributed by atoms with E-state index in [1.54, 1.807) is 11.3 Å². The van der Waals surface area contributed by atoms with Gasteiger partial charge in [0.25, 0.3) is 0 Å². The van der Waals surface area contributed by atoms with Crippen LogP contribution in [-0.4, -0.2) is 14.8 Å². The van der Waals surface area contributed by atoms with Crippen LogP contribution in [0.5, 0.6) is 0 Å². The highest BCUT2D eigenvalue weighted by Crippen LogP contribution is 2.26.